The first-order valence-corrected chi connectivity index (χ1v) is 3.72. The van der Waals surface area contributed by atoms with Crippen LogP contribution in [0.15, 0.2) is 12.3 Å². The van der Waals surface area contributed by atoms with Crippen molar-refractivity contribution in [2.45, 2.75) is 13.5 Å². The maximum atomic E-state index is 11.9. The van der Waals surface area contributed by atoms with E-state index in [1.54, 1.807) is 6.92 Å². The first-order valence-electron chi connectivity index (χ1n) is 3.72. The fraction of sp³-hybridized carbons (Fsp3) is 0.250. The smallest absolute Gasteiger partial charge is 0.387 e. The Morgan fingerprint density at radius 3 is 2.79 bits per heavy atom. The zero-order chi connectivity index (χ0) is 10.7. The molecule has 0 radical (unpaired) electrons. The quantitative estimate of drug-likeness (QED) is 0.797. The fourth-order valence-corrected chi connectivity index (χ4v) is 0.913. The third kappa shape index (κ3) is 2.38. The van der Waals surface area contributed by atoms with Crippen molar-refractivity contribution in [3.63, 3.8) is 0 Å². The van der Waals surface area contributed by atoms with Crippen molar-refractivity contribution < 1.29 is 18.3 Å². The molecular weight excluding hydrogens is 194 g/mol. The zero-order valence-electron chi connectivity index (χ0n) is 7.33. The molecule has 0 fully saturated rings. The molecule has 0 unspecified atom stereocenters. The van der Waals surface area contributed by atoms with E-state index in [2.05, 4.69) is 9.72 Å². The minimum atomic E-state index is -2.99. The van der Waals surface area contributed by atoms with E-state index in [9.17, 15) is 13.6 Å². The molecule has 0 aliphatic rings. The van der Waals surface area contributed by atoms with Gasteiger partial charge in [0, 0.05) is 18.0 Å². The molecule has 14 heavy (non-hydrogen) atoms. The molecule has 0 aliphatic carbocycles. The van der Waals surface area contributed by atoms with Gasteiger partial charge in [-0.15, -0.1) is 0 Å². The van der Waals surface area contributed by atoms with Crippen LogP contribution in [0.4, 0.5) is 8.78 Å². The summed E-state index contributed by atoms with van der Waals surface area (Å²) < 4.78 is 27.9. The maximum Gasteiger partial charge on any atom is 0.387 e. The number of hydrogen-bond acceptors (Lipinski definition) is 3. The molecule has 1 aromatic heterocycles. The summed E-state index contributed by atoms with van der Waals surface area (Å²) in [6.45, 7) is -1.40. The number of alkyl halides is 2. The van der Waals surface area contributed by atoms with Gasteiger partial charge in [-0.1, -0.05) is 0 Å². The van der Waals surface area contributed by atoms with Crippen LogP contribution in [0.2, 0.25) is 0 Å². The van der Waals surface area contributed by atoms with Crippen molar-refractivity contribution in [3.05, 3.63) is 23.5 Å². The summed E-state index contributed by atoms with van der Waals surface area (Å²) in [5.74, 6) is -1.10. The summed E-state index contributed by atoms with van der Waals surface area (Å²) in [5.41, 5.74) is 5.24. The Morgan fingerprint density at radius 1 is 1.64 bits per heavy atom. The van der Waals surface area contributed by atoms with Gasteiger partial charge in [-0.3, -0.25) is 9.78 Å². The highest BCUT2D eigenvalue weighted by Crippen LogP contribution is 2.20. The Hall–Kier alpha value is -1.72. The van der Waals surface area contributed by atoms with Crippen molar-refractivity contribution in [2.24, 2.45) is 5.73 Å². The predicted molar refractivity (Wildman–Crippen MR) is 44.1 cm³/mol. The van der Waals surface area contributed by atoms with Crippen LogP contribution in [0.1, 0.15) is 16.1 Å². The van der Waals surface area contributed by atoms with Crippen LogP contribution in [-0.4, -0.2) is 17.5 Å². The summed E-state index contributed by atoms with van der Waals surface area (Å²) in [6, 6.07) is 1.23. The third-order valence-corrected chi connectivity index (χ3v) is 1.48. The summed E-state index contributed by atoms with van der Waals surface area (Å²) >= 11 is 0. The van der Waals surface area contributed by atoms with Gasteiger partial charge in [0.2, 0.25) is 0 Å². The van der Waals surface area contributed by atoms with Crippen LogP contribution in [0, 0.1) is 6.92 Å². The summed E-state index contributed by atoms with van der Waals surface area (Å²) in [6.07, 6.45) is 1.11. The lowest BCUT2D eigenvalue weighted by Gasteiger charge is -2.08. The molecule has 1 rings (SSSR count). The van der Waals surface area contributed by atoms with E-state index in [-0.39, 0.29) is 11.3 Å². The number of halogens is 2. The molecule has 0 aromatic carbocycles. The van der Waals surface area contributed by atoms with Gasteiger partial charge in [0.05, 0.1) is 5.56 Å². The van der Waals surface area contributed by atoms with Gasteiger partial charge in [-0.2, -0.15) is 8.78 Å². The number of nitrogens with two attached hydrogens (primary N) is 1. The van der Waals surface area contributed by atoms with Gasteiger partial charge >= 0.3 is 6.61 Å². The molecule has 4 nitrogen and oxygen atoms in total. The van der Waals surface area contributed by atoms with Crippen LogP contribution in [0.5, 0.6) is 5.75 Å². The molecule has 2 N–H and O–H groups in total. The molecule has 0 atom stereocenters. The van der Waals surface area contributed by atoms with E-state index in [0.29, 0.717) is 5.69 Å². The molecule has 1 amide bonds. The molecule has 1 heterocycles. The summed E-state index contributed by atoms with van der Waals surface area (Å²) in [5, 5.41) is 0. The van der Waals surface area contributed by atoms with Crippen LogP contribution in [0.25, 0.3) is 0 Å². The number of carbonyl (C=O) groups is 1. The molecule has 6 heteroatoms. The van der Waals surface area contributed by atoms with Gasteiger partial charge in [-0.05, 0) is 6.92 Å². The van der Waals surface area contributed by atoms with Crippen LogP contribution < -0.4 is 10.5 Å². The predicted octanol–water partition coefficient (Wildman–Crippen LogP) is 1.09. The minimum Gasteiger partial charge on any atom is -0.434 e. The van der Waals surface area contributed by atoms with Gasteiger partial charge in [0.25, 0.3) is 5.91 Å². The Kier molecular flexibility index (Phi) is 2.95. The second-order valence-electron chi connectivity index (χ2n) is 2.56. The molecule has 0 saturated carbocycles. The lowest BCUT2D eigenvalue weighted by atomic mass is 10.2. The van der Waals surface area contributed by atoms with Crippen molar-refractivity contribution in [1.82, 2.24) is 4.98 Å². The van der Waals surface area contributed by atoms with Gasteiger partial charge in [0.15, 0.2) is 0 Å². The molecule has 76 valence electrons. The number of aromatic nitrogens is 1. The number of hydrogen-bond donors (Lipinski definition) is 1. The highest BCUT2D eigenvalue weighted by Gasteiger charge is 2.14. The molecular formula is C8H8F2N2O2. The molecule has 0 bridgehead atoms. The Balaban J connectivity index is 3.09. The van der Waals surface area contributed by atoms with Crippen molar-refractivity contribution >= 4 is 5.91 Å². The number of primary amides is 1. The van der Waals surface area contributed by atoms with Crippen molar-refractivity contribution in [1.29, 1.82) is 0 Å². The van der Waals surface area contributed by atoms with E-state index in [0.717, 1.165) is 6.20 Å². The molecule has 1 aromatic rings. The van der Waals surface area contributed by atoms with Crippen molar-refractivity contribution in [3.8, 4) is 5.75 Å². The van der Waals surface area contributed by atoms with Gasteiger partial charge in [0.1, 0.15) is 5.75 Å². The number of amides is 1. The lowest BCUT2D eigenvalue weighted by Crippen LogP contribution is -2.15. The third-order valence-electron chi connectivity index (χ3n) is 1.48. The van der Waals surface area contributed by atoms with Crippen molar-refractivity contribution in [2.75, 3.05) is 0 Å². The second-order valence-corrected chi connectivity index (χ2v) is 2.56. The number of carbonyl (C=O) groups excluding carboxylic acids is 1. The number of rotatable bonds is 3. The first-order chi connectivity index (χ1) is 6.50. The number of pyridine rings is 1. The number of ether oxygens (including phenoxy) is 1. The molecule has 0 spiro atoms. The molecule has 0 aliphatic heterocycles. The van der Waals surface area contributed by atoms with E-state index < -0.39 is 12.5 Å². The zero-order valence-corrected chi connectivity index (χ0v) is 7.33. The minimum absolute atomic E-state index is 0.157. The first kappa shape index (κ1) is 10.4. The van der Waals surface area contributed by atoms with E-state index in [1.807, 2.05) is 0 Å². The normalized spacial score (nSPS) is 10.3. The molecule has 0 saturated heterocycles. The van der Waals surface area contributed by atoms with Gasteiger partial charge in [-0.25, -0.2) is 0 Å². The number of aryl methyl sites for hydroxylation is 1. The summed E-state index contributed by atoms with van der Waals surface area (Å²) in [7, 11) is 0. The lowest BCUT2D eigenvalue weighted by molar-refractivity contribution is -0.0502. The fourth-order valence-electron chi connectivity index (χ4n) is 0.913. The van der Waals surface area contributed by atoms with E-state index in [4.69, 9.17) is 5.73 Å². The van der Waals surface area contributed by atoms with E-state index in [1.165, 1.54) is 6.07 Å². The maximum absolute atomic E-state index is 11.9. The highest BCUT2D eigenvalue weighted by molar-refractivity contribution is 5.95. The second kappa shape index (κ2) is 3.99. The van der Waals surface area contributed by atoms with Crippen LogP contribution >= 0.6 is 0 Å². The average Bonchev–Trinajstić information content (AvgIpc) is 2.01. The van der Waals surface area contributed by atoms with Crippen LogP contribution in [0.3, 0.4) is 0 Å². The topological polar surface area (TPSA) is 65.2 Å². The average molecular weight is 202 g/mol. The Bertz CT molecular complexity index is 355. The standard InChI is InChI=1S/C8H8F2N2O2/c1-4-2-6(14-8(9)10)5(3-12-4)7(11)13/h2-3,8H,1H3,(H2,11,13). The largest absolute Gasteiger partial charge is 0.434 e. The Labute approximate surface area is 78.7 Å². The van der Waals surface area contributed by atoms with E-state index >= 15 is 0 Å². The van der Waals surface area contributed by atoms with Crippen LogP contribution in [-0.2, 0) is 0 Å². The number of nitrogens with zero attached hydrogens (tertiary/aromatic N) is 1. The monoisotopic (exact) mass is 202 g/mol. The Morgan fingerprint density at radius 2 is 2.29 bits per heavy atom. The summed E-state index contributed by atoms with van der Waals surface area (Å²) in [4.78, 5) is 14.5. The SMILES string of the molecule is Cc1cc(OC(F)F)c(C(N)=O)cn1. The van der Waals surface area contributed by atoms with Gasteiger partial charge < -0.3 is 10.5 Å². The highest BCUT2D eigenvalue weighted by atomic mass is 19.3.